The molecule has 0 saturated heterocycles. The summed E-state index contributed by atoms with van der Waals surface area (Å²) in [5.74, 6) is -1.40. The normalized spacial score (nSPS) is 14.6. The van der Waals surface area contributed by atoms with Gasteiger partial charge < -0.3 is 4.74 Å². The third kappa shape index (κ3) is 4.01. The zero-order chi connectivity index (χ0) is 15.3. The van der Waals surface area contributed by atoms with Crippen LogP contribution in [0.1, 0.15) is 20.3 Å². The van der Waals surface area contributed by atoms with Gasteiger partial charge in [0.25, 0.3) is 0 Å². The van der Waals surface area contributed by atoms with Gasteiger partial charge in [0.15, 0.2) is 0 Å². The summed E-state index contributed by atoms with van der Waals surface area (Å²) in [4.78, 5) is 11.6. The van der Waals surface area contributed by atoms with Gasteiger partial charge in [-0.15, -0.1) is 0 Å². The minimum absolute atomic E-state index is 0.101. The molecular formula is C13H18FNO4S. The van der Waals surface area contributed by atoms with Crippen molar-refractivity contribution in [1.82, 2.24) is 4.72 Å². The van der Waals surface area contributed by atoms with E-state index in [1.165, 1.54) is 7.11 Å². The van der Waals surface area contributed by atoms with E-state index in [9.17, 15) is 17.6 Å². The number of hydrogen-bond donors (Lipinski definition) is 1. The molecule has 112 valence electrons. The molecule has 0 unspecified atom stereocenters. The van der Waals surface area contributed by atoms with Gasteiger partial charge in [0, 0.05) is 0 Å². The number of rotatable bonds is 6. The van der Waals surface area contributed by atoms with Crippen molar-refractivity contribution in [1.29, 1.82) is 0 Å². The number of nitrogens with one attached hydrogen (secondary N) is 1. The molecule has 0 bridgehead atoms. The van der Waals surface area contributed by atoms with Crippen molar-refractivity contribution in [3.8, 4) is 0 Å². The summed E-state index contributed by atoms with van der Waals surface area (Å²) in [5.41, 5.74) is 0. The average molecular weight is 303 g/mol. The fourth-order valence-electron chi connectivity index (χ4n) is 1.61. The Bertz CT molecular complexity index is 556. The summed E-state index contributed by atoms with van der Waals surface area (Å²) >= 11 is 0. The number of methoxy groups -OCH3 is 1. The second-order valence-electron chi connectivity index (χ2n) is 4.46. The first kappa shape index (κ1) is 16.6. The number of benzene rings is 1. The Morgan fingerprint density at radius 1 is 1.35 bits per heavy atom. The zero-order valence-electron chi connectivity index (χ0n) is 11.6. The SMILES string of the molecule is CC[C@H](C)[C@@H](NS(=O)(=O)c1ccc(F)cc1)C(=O)OC. The molecule has 0 aliphatic carbocycles. The van der Waals surface area contributed by atoms with Gasteiger partial charge in [0.2, 0.25) is 10.0 Å². The van der Waals surface area contributed by atoms with Crippen LogP contribution < -0.4 is 4.72 Å². The number of carbonyl (C=O) groups excluding carboxylic acids is 1. The summed E-state index contributed by atoms with van der Waals surface area (Å²) in [5, 5.41) is 0. The van der Waals surface area contributed by atoms with E-state index in [-0.39, 0.29) is 10.8 Å². The number of hydrogen-bond acceptors (Lipinski definition) is 4. The quantitative estimate of drug-likeness (QED) is 0.812. The van der Waals surface area contributed by atoms with Gasteiger partial charge >= 0.3 is 5.97 Å². The smallest absolute Gasteiger partial charge is 0.324 e. The lowest BCUT2D eigenvalue weighted by Gasteiger charge is -2.21. The highest BCUT2D eigenvalue weighted by Crippen LogP contribution is 2.15. The average Bonchev–Trinajstić information content (AvgIpc) is 2.43. The van der Waals surface area contributed by atoms with E-state index in [1.807, 2.05) is 6.92 Å². The van der Waals surface area contributed by atoms with Crippen LogP contribution in [0.2, 0.25) is 0 Å². The third-order valence-electron chi connectivity index (χ3n) is 3.07. The van der Waals surface area contributed by atoms with Crippen LogP contribution in [0.5, 0.6) is 0 Å². The van der Waals surface area contributed by atoms with E-state index in [0.29, 0.717) is 6.42 Å². The van der Waals surface area contributed by atoms with Crippen LogP contribution in [0.3, 0.4) is 0 Å². The fraction of sp³-hybridized carbons (Fsp3) is 0.462. The molecule has 1 N–H and O–H groups in total. The first-order chi connectivity index (χ1) is 9.31. The molecule has 0 radical (unpaired) electrons. The molecule has 20 heavy (non-hydrogen) atoms. The van der Waals surface area contributed by atoms with Crippen LogP contribution in [0.4, 0.5) is 4.39 Å². The van der Waals surface area contributed by atoms with Gasteiger partial charge in [-0.1, -0.05) is 20.3 Å². The topological polar surface area (TPSA) is 72.5 Å². The molecule has 1 aromatic rings. The van der Waals surface area contributed by atoms with Crippen LogP contribution in [-0.4, -0.2) is 27.5 Å². The second-order valence-corrected chi connectivity index (χ2v) is 6.18. The molecule has 0 aliphatic heterocycles. The van der Waals surface area contributed by atoms with Crippen molar-refractivity contribution in [2.75, 3.05) is 7.11 Å². The Morgan fingerprint density at radius 2 is 1.90 bits per heavy atom. The van der Waals surface area contributed by atoms with Crippen LogP contribution in [-0.2, 0) is 19.6 Å². The van der Waals surface area contributed by atoms with E-state index >= 15 is 0 Å². The number of carbonyl (C=O) groups is 1. The molecule has 7 heteroatoms. The van der Waals surface area contributed by atoms with E-state index in [4.69, 9.17) is 0 Å². The Labute approximate surface area is 118 Å². The monoisotopic (exact) mass is 303 g/mol. The zero-order valence-corrected chi connectivity index (χ0v) is 12.4. The highest BCUT2D eigenvalue weighted by atomic mass is 32.2. The van der Waals surface area contributed by atoms with Crippen molar-refractivity contribution in [3.05, 3.63) is 30.1 Å². The number of sulfonamides is 1. The Kier molecular flexibility index (Phi) is 5.64. The van der Waals surface area contributed by atoms with Crippen molar-refractivity contribution < 1.29 is 22.3 Å². The standard InChI is InChI=1S/C13H18FNO4S/c1-4-9(2)12(13(16)19-3)15-20(17,18)11-7-5-10(14)6-8-11/h5-9,12,15H,4H2,1-3H3/t9-,12+/m0/s1. The van der Waals surface area contributed by atoms with Gasteiger partial charge in [0.1, 0.15) is 11.9 Å². The lowest BCUT2D eigenvalue weighted by Crippen LogP contribution is -2.45. The molecule has 0 aliphatic rings. The summed E-state index contributed by atoms with van der Waals surface area (Å²) in [7, 11) is -2.71. The van der Waals surface area contributed by atoms with Crippen molar-refractivity contribution in [2.45, 2.75) is 31.2 Å². The summed E-state index contributed by atoms with van der Waals surface area (Å²) < 4.78 is 44.0. The molecule has 0 spiro atoms. The minimum atomic E-state index is -3.90. The molecule has 5 nitrogen and oxygen atoms in total. The number of halogens is 1. The van der Waals surface area contributed by atoms with E-state index < -0.39 is 27.9 Å². The van der Waals surface area contributed by atoms with Crippen LogP contribution >= 0.6 is 0 Å². The van der Waals surface area contributed by atoms with Gasteiger partial charge in [0.05, 0.1) is 12.0 Å². The molecule has 0 fully saturated rings. The number of ether oxygens (including phenoxy) is 1. The Balaban J connectivity index is 3.02. The first-order valence-corrected chi connectivity index (χ1v) is 7.65. The van der Waals surface area contributed by atoms with Gasteiger partial charge in [-0.25, -0.2) is 12.8 Å². The van der Waals surface area contributed by atoms with E-state index in [2.05, 4.69) is 9.46 Å². The predicted molar refractivity (Wildman–Crippen MR) is 72.0 cm³/mol. The highest BCUT2D eigenvalue weighted by molar-refractivity contribution is 7.89. The lowest BCUT2D eigenvalue weighted by atomic mass is 10.0. The summed E-state index contributed by atoms with van der Waals surface area (Å²) in [6.45, 7) is 3.58. The molecule has 0 amide bonds. The molecule has 2 atom stereocenters. The van der Waals surface area contributed by atoms with Crippen LogP contribution in [0, 0.1) is 11.7 Å². The van der Waals surface area contributed by atoms with Crippen molar-refractivity contribution in [3.63, 3.8) is 0 Å². The minimum Gasteiger partial charge on any atom is -0.468 e. The fourth-order valence-corrected chi connectivity index (χ4v) is 2.90. The third-order valence-corrected chi connectivity index (χ3v) is 4.53. The van der Waals surface area contributed by atoms with Crippen LogP contribution in [0.15, 0.2) is 29.2 Å². The Hall–Kier alpha value is -1.47. The maximum atomic E-state index is 12.8. The van der Waals surface area contributed by atoms with Gasteiger partial charge in [-0.3, -0.25) is 4.79 Å². The largest absolute Gasteiger partial charge is 0.468 e. The maximum absolute atomic E-state index is 12.8. The first-order valence-electron chi connectivity index (χ1n) is 6.17. The second kappa shape index (κ2) is 6.81. The van der Waals surface area contributed by atoms with Crippen molar-refractivity contribution >= 4 is 16.0 Å². The Morgan fingerprint density at radius 3 is 2.35 bits per heavy atom. The summed E-state index contributed by atoms with van der Waals surface area (Å²) in [6.07, 6.45) is 0.603. The predicted octanol–water partition coefficient (Wildman–Crippen LogP) is 1.69. The summed E-state index contributed by atoms with van der Waals surface area (Å²) in [6, 6.07) is 3.40. The molecular weight excluding hydrogens is 285 g/mol. The molecule has 1 rings (SSSR count). The van der Waals surface area contributed by atoms with Gasteiger partial charge in [-0.2, -0.15) is 4.72 Å². The van der Waals surface area contributed by atoms with E-state index in [1.54, 1.807) is 6.92 Å². The van der Waals surface area contributed by atoms with Crippen molar-refractivity contribution in [2.24, 2.45) is 5.92 Å². The molecule has 0 heterocycles. The number of esters is 1. The molecule has 1 aromatic carbocycles. The lowest BCUT2D eigenvalue weighted by molar-refractivity contribution is -0.143. The molecule has 0 aromatic heterocycles. The van der Waals surface area contributed by atoms with Crippen LogP contribution in [0.25, 0.3) is 0 Å². The van der Waals surface area contributed by atoms with Gasteiger partial charge in [-0.05, 0) is 30.2 Å². The molecule has 0 saturated carbocycles. The van der Waals surface area contributed by atoms with E-state index in [0.717, 1.165) is 24.3 Å². The maximum Gasteiger partial charge on any atom is 0.324 e. The highest BCUT2D eigenvalue weighted by Gasteiger charge is 2.30.